The number of hydrogen-bond donors (Lipinski definition) is 2. The second-order valence-electron chi connectivity index (χ2n) is 6.66. The summed E-state index contributed by atoms with van der Waals surface area (Å²) >= 11 is 5.94. The Bertz CT molecular complexity index is 1180. The van der Waals surface area contributed by atoms with Crippen LogP contribution in [0.2, 0.25) is 5.02 Å². The SMILES string of the molecule is O=C(O)Cc1ccccc1Oc1cccc(OC(F)F)c1CNc1cc(Cl)ccc1[N+](=O)[O-]. The Morgan fingerprint density at radius 1 is 1.09 bits per heavy atom. The second kappa shape index (κ2) is 10.6. The van der Waals surface area contributed by atoms with Crippen LogP contribution in [0.5, 0.6) is 17.2 Å². The summed E-state index contributed by atoms with van der Waals surface area (Å²) in [5.74, 6) is -0.973. The van der Waals surface area contributed by atoms with E-state index in [-0.39, 0.29) is 52.2 Å². The Kier molecular flexibility index (Phi) is 7.62. The molecule has 0 aromatic heterocycles. The lowest BCUT2D eigenvalue weighted by atomic mass is 10.1. The fourth-order valence-electron chi connectivity index (χ4n) is 3.05. The monoisotopic (exact) mass is 478 g/mol. The first-order valence-electron chi connectivity index (χ1n) is 9.46. The van der Waals surface area contributed by atoms with Crippen LogP contribution in [0.25, 0.3) is 0 Å². The Hall–Kier alpha value is -3.92. The van der Waals surface area contributed by atoms with Crippen molar-refractivity contribution in [1.29, 1.82) is 0 Å². The van der Waals surface area contributed by atoms with Gasteiger partial charge in [0.1, 0.15) is 22.9 Å². The third-order valence-corrected chi connectivity index (χ3v) is 4.69. The number of benzene rings is 3. The molecule has 3 rings (SSSR count). The average molecular weight is 479 g/mol. The molecule has 0 saturated carbocycles. The molecule has 2 N–H and O–H groups in total. The molecule has 11 heteroatoms. The molecule has 0 atom stereocenters. The van der Waals surface area contributed by atoms with Gasteiger partial charge in [0, 0.05) is 23.2 Å². The van der Waals surface area contributed by atoms with Crippen LogP contribution < -0.4 is 14.8 Å². The fourth-order valence-corrected chi connectivity index (χ4v) is 3.22. The maximum absolute atomic E-state index is 13.0. The van der Waals surface area contributed by atoms with Crippen molar-refractivity contribution in [2.45, 2.75) is 19.6 Å². The number of nitrogens with one attached hydrogen (secondary N) is 1. The highest BCUT2D eigenvalue weighted by Gasteiger charge is 2.19. The summed E-state index contributed by atoms with van der Waals surface area (Å²) in [6.07, 6.45) is -0.314. The molecule has 0 fully saturated rings. The second-order valence-corrected chi connectivity index (χ2v) is 7.10. The van der Waals surface area contributed by atoms with Crippen LogP contribution in [0.1, 0.15) is 11.1 Å². The number of halogens is 3. The standard InChI is InChI=1S/C22H17ClF2N2O6/c23-14-8-9-17(27(30)31)16(11-14)26-12-15-19(6-3-7-20(15)33-22(24)25)32-18-5-2-1-4-13(18)10-21(28)29/h1-9,11,22,26H,10,12H2,(H,28,29). The van der Waals surface area contributed by atoms with E-state index in [2.05, 4.69) is 10.1 Å². The summed E-state index contributed by atoms with van der Waals surface area (Å²) in [4.78, 5) is 21.9. The van der Waals surface area contributed by atoms with Gasteiger partial charge in [0.25, 0.3) is 5.69 Å². The van der Waals surface area contributed by atoms with Crippen LogP contribution in [0.3, 0.4) is 0 Å². The van der Waals surface area contributed by atoms with Crippen molar-refractivity contribution in [2.75, 3.05) is 5.32 Å². The van der Waals surface area contributed by atoms with E-state index in [0.29, 0.717) is 5.56 Å². The number of carboxylic acid groups (broad SMARTS) is 1. The molecule has 0 aliphatic heterocycles. The topological polar surface area (TPSA) is 111 Å². The molecule has 0 amide bonds. The molecule has 0 heterocycles. The summed E-state index contributed by atoms with van der Waals surface area (Å²) in [5.41, 5.74) is 0.310. The zero-order valence-electron chi connectivity index (χ0n) is 16.8. The van der Waals surface area contributed by atoms with Gasteiger partial charge in [-0.3, -0.25) is 14.9 Å². The number of carboxylic acids is 1. The van der Waals surface area contributed by atoms with E-state index in [4.69, 9.17) is 21.4 Å². The molecule has 33 heavy (non-hydrogen) atoms. The van der Waals surface area contributed by atoms with Crippen LogP contribution in [-0.2, 0) is 17.8 Å². The van der Waals surface area contributed by atoms with E-state index in [1.807, 2.05) is 0 Å². The minimum Gasteiger partial charge on any atom is -0.481 e. The van der Waals surface area contributed by atoms with Gasteiger partial charge in [-0.05, 0) is 30.3 Å². The number of rotatable bonds is 10. The van der Waals surface area contributed by atoms with E-state index in [9.17, 15) is 23.7 Å². The number of nitrogens with zero attached hydrogens (tertiary/aromatic N) is 1. The van der Waals surface area contributed by atoms with Gasteiger partial charge in [0.2, 0.25) is 0 Å². The molecule has 0 unspecified atom stereocenters. The number of hydrogen-bond acceptors (Lipinski definition) is 6. The highest BCUT2D eigenvalue weighted by molar-refractivity contribution is 6.31. The van der Waals surface area contributed by atoms with E-state index < -0.39 is 17.5 Å². The van der Waals surface area contributed by atoms with Crippen molar-refractivity contribution in [3.8, 4) is 17.2 Å². The van der Waals surface area contributed by atoms with Crippen molar-refractivity contribution in [3.63, 3.8) is 0 Å². The van der Waals surface area contributed by atoms with Crippen LogP contribution in [0.4, 0.5) is 20.2 Å². The number of alkyl halides is 2. The van der Waals surface area contributed by atoms with E-state index in [1.165, 1.54) is 42.5 Å². The number of ether oxygens (including phenoxy) is 2. The van der Waals surface area contributed by atoms with Crippen LogP contribution in [0, 0.1) is 10.1 Å². The number of para-hydroxylation sites is 1. The lowest BCUT2D eigenvalue weighted by Crippen LogP contribution is -2.10. The van der Waals surface area contributed by atoms with E-state index in [1.54, 1.807) is 18.2 Å². The summed E-state index contributed by atoms with van der Waals surface area (Å²) in [6.45, 7) is -3.32. The summed E-state index contributed by atoms with van der Waals surface area (Å²) in [6, 6.07) is 14.5. The summed E-state index contributed by atoms with van der Waals surface area (Å²) < 4.78 is 36.5. The molecular weight excluding hydrogens is 462 g/mol. The summed E-state index contributed by atoms with van der Waals surface area (Å²) in [5, 5.41) is 23.5. The molecule has 8 nitrogen and oxygen atoms in total. The predicted molar refractivity (Wildman–Crippen MR) is 116 cm³/mol. The van der Waals surface area contributed by atoms with Crippen molar-refractivity contribution in [1.82, 2.24) is 0 Å². The van der Waals surface area contributed by atoms with Gasteiger partial charge in [-0.15, -0.1) is 0 Å². The molecular formula is C22H17ClF2N2O6. The zero-order valence-corrected chi connectivity index (χ0v) is 17.6. The molecule has 3 aromatic carbocycles. The highest BCUT2D eigenvalue weighted by atomic mass is 35.5. The average Bonchev–Trinajstić information content (AvgIpc) is 2.73. The van der Waals surface area contributed by atoms with Gasteiger partial charge < -0.3 is 19.9 Å². The van der Waals surface area contributed by atoms with Gasteiger partial charge >= 0.3 is 12.6 Å². The van der Waals surface area contributed by atoms with Crippen molar-refractivity contribution >= 4 is 28.9 Å². The predicted octanol–water partition coefficient (Wildman–Crippen LogP) is 5.88. The first kappa shape index (κ1) is 23.7. The molecule has 3 aromatic rings. The maximum Gasteiger partial charge on any atom is 0.387 e. The van der Waals surface area contributed by atoms with Gasteiger partial charge in [0.05, 0.1) is 16.9 Å². The largest absolute Gasteiger partial charge is 0.481 e. The first-order chi connectivity index (χ1) is 15.7. The van der Waals surface area contributed by atoms with E-state index >= 15 is 0 Å². The van der Waals surface area contributed by atoms with Crippen LogP contribution >= 0.6 is 11.6 Å². The third-order valence-electron chi connectivity index (χ3n) is 4.45. The quantitative estimate of drug-likeness (QED) is 0.276. The van der Waals surface area contributed by atoms with Crippen LogP contribution in [-0.4, -0.2) is 22.6 Å². The highest BCUT2D eigenvalue weighted by Crippen LogP contribution is 2.36. The maximum atomic E-state index is 13.0. The summed E-state index contributed by atoms with van der Waals surface area (Å²) in [7, 11) is 0. The first-order valence-corrected chi connectivity index (χ1v) is 9.84. The third kappa shape index (κ3) is 6.30. The molecule has 0 radical (unpaired) electrons. The Balaban J connectivity index is 1.98. The van der Waals surface area contributed by atoms with Gasteiger partial charge in [-0.25, -0.2) is 0 Å². The Labute approximate surface area is 191 Å². The lowest BCUT2D eigenvalue weighted by Gasteiger charge is -2.18. The van der Waals surface area contributed by atoms with Gasteiger partial charge in [0.15, 0.2) is 0 Å². The minimum atomic E-state index is -3.13. The van der Waals surface area contributed by atoms with Gasteiger partial charge in [-0.2, -0.15) is 8.78 Å². The molecule has 0 aliphatic carbocycles. The number of aliphatic carboxylic acids is 1. The number of carbonyl (C=O) groups is 1. The normalized spacial score (nSPS) is 10.7. The zero-order chi connectivity index (χ0) is 24.0. The molecule has 0 saturated heterocycles. The smallest absolute Gasteiger partial charge is 0.387 e. The van der Waals surface area contributed by atoms with E-state index in [0.717, 1.165) is 0 Å². The minimum absolute atomic E-state index is 0.0663. The number of anilines is 1. The molecule has 0 spiro atoms. The van der Waals surface area contributed by atoms with Crippen molar-refractivity contribution in [3.05, 3.63) is 86.9 Å². The lowest BCUT2D eigenvalue weighted by molar-refractivity contribution is -0.384. The molecule has 172 valence electrons. The Morgan fingerprint density at radius 3 is 2.48 bits per heavy atom. The molecule has 0 aliphatic rings. The van der Waals surface area contributed by atoms with Crippen LogP contribution in [0.15, 0.2) is 60.7 Å². The Morgan fingerprint density at radius 2 is 1.79 bits per heavy atom. The number of nitro groups is 1. The number of nitro benzene ring substituents is 1. The van der Waals surface area contributed by atoms with Crippen molar-refractivity contribution in [2.24, 2.45) is 0 Å². The van der Waals surface area contributed by atoms with Crippen molar-refractivity contribution < 1.29 is 33.1 Å². The molecule has 0 bridgehead atoms. The fraction of sp³-hybridized carbons (Fsp3) is 0.136. The van der Waals surface area contributed by atoms with Gasteiger partial charge in [-0.1, -0.05) is 35.9 Å².